The van der Waals surface area contributed by atoms with Crippen molar-refractivity contribution >= 4 is 21.4 Å². The van der Waals surface area contributed by atoms with Crippen molar-refractivity contribution in [1.82, 2.24) is 5.32 Å². The highest BCUT2D eigenvalue weighted by molar-refractivity contribution is 7.93. The summed E-state index contributed by atoms with van der Waals surface area (Å²) in [6, 6.07) is 5.10. The molecule has 0 bridgehead atoms. The maximum absolute atomic E-state index is 11.6. The van der Waals surface area contributed by atoms with Gasteiger partial charge in [-0.25, -0.2) is 8.42 Å². The summed E-state index contributed by atoms with van der Waals surface area (Å²) in [7, 11) is -3.21. The fourth-order valence-electron chi connectivity index (χ4n) is 1.21. The van der Waals surface area contributed by atoms with Gasteiger partial charge in [0.05, 0.1) is 4.92 Å². The number of benzene rings is 1. The van der Waals surface area contributed by atoms with Gasteiger partial charge < -0.3 is 5.32 Å². The normalized spacial score (nSPS) is 11.4. The van der Waals surface area contributed by atoms with E-state index in [4.69, 9.17) is 0 Å². The van der Waals surface area contributed by atoms with Crippen molar-refractivity contribution in [3.8, 4) is 0 Å². The first-order valence-electron chi connectivity index (χ1n) is 5.19. The summed E-state index contributed by atoms with van der Waals surface area (Å²) < 4.78 is 21.6. The standard InChI is InChI=1S/C11H12N2O5S/c1-19(17,18)8-2-7-12-11(14)9-3-5-10(6-4-9)13(15)16/h2-6,8H,7H2,1H3,(H,12,14)/b8-2+. The van der Waals surface area contributed by atoms with Crippen LogP contribution in [0.4, 0.5) is 5.69 Å². The van der Waals surface area contributed by atoms with Crippen LogP contribution < -0.4 is 5.32 Å². The summed E-state index contributed by atoms with van der Waals surface area (Å²) >= 11 is 0. The molecule has 0 saturated heterocycles. The van der Waals surface area contributed by atoms with Crippen molar-refractivity contribution in [2.75, 3.05) is 12.8 Å². The first kappa shape index (κ1) is 14.8. The molecule has 19 heavy (non-hydrogen) atoms. The highest BCUT2D eigenvalue weighted by atomic mass is 32.2. The van der Waals surface area contributed by atoms with E-state index >= 15 is 0 Å². The maximum Gasteiger partial charge on any atom is 0.269 e. The molecule has 0 heterocycles. The third-order valence-electron chi connectivity index (χ3n) is 2.06. The molecule has 8 heteroatoms. The van der Waals surface area contributed by atoms with Crippen molar-refractivity contribution in [3.63, 3.8) is 0 Å². The van der Waals surface area contributed by atoms with Gasteiger partial charge in [0.2, 0.25) is 0 Å². The maximum atomic E-state index is 11.6. The van der Waals surface area contributed by atoms with Crippen LogP contribution >= 0.6 is 0 Å². The van der Waals surface area contributed by atoms with E-state index < -0.39 is 20.7 Å². The zero-order valence-corrected chi connectivity index (χ0v) is 10.9. The molecule has 1 aromatic rings. The van der Waals surface area contributed by atoms with E-state index in [-0.39, 0.29) is 17.8 Å². The fraction of sp³-hybridized carbons (Fsp3) is 0.182. The van der Waals surface area contributed by atoms with Gasteiger partial charge >= 0.3 is 0 Å². The molecule has 1 N–H and O–H groups in total. The Morgan fingerprint density at radius 2 is 1.95 bits per heavy atom. The molecule has 0 fully saturated rings. The molecule has 0 aromatic heterocycles. The summed E-state index contributed by atoms with van der Waals surface area (Å²) in [5.41, 5.74) is 0.159. The predicted molar refractivity (Wildman–Crippen MR) is 69.4 cm³/mol. The third kappa shape index (κ3) is 5.30. The minimum atomic E-state index is -3.21. The van der Waals surface area contributed by atoms with Crippen LogP contribution in [0.1, 0.15) is 10.4 Å². The van der Waals surface area contributed by atoms with E-state index in [1.54, 1.807) is 0 Å². The molecule has 7 nitrogen and oxygen atoms in total. The van der Waals surface area contributed by atoms with Crippen molar-refractivity contribution in [1.29, 1.82) is 0 Å². The summed E-state index contributed by atoms with van der Waals surface area (Å²) in [5.74, 6) is -0.437. The van der Waals surface area contributed by atoms with Gasteiger partial charge in [0.1, 0.15) is 0 Å². The lowest BCUT2D eigenvalue weighted by Gasteiger charge is -2.01. The van der Waals surface area contributed by atoms with Gasteiger partial charge in [-0.15, -0.1) is 0 Å². The van der Waals surface area contributed by atoms with Crippen molar-refractivity contribution in [2.24, 2.45) is 0 Å². The number of rotatable bonds is 5. The number of nitrogens with zero attached hydrogens (tertiary/aromatic N) is 1. The Kier molecular flexibility index (Phi) is 4.76. The van der Waals surface area contributed by atoms with E-state index in [0.717, 1.165) is 11.7 Å². The van der Waals surface area contributed by atoms with Gasteiger partial charge in [-0.3, -0.25) is 14.9 Å². The second-order valence-electron chi connectivity index (χ2n) is 3.72. The number of sulfone groups is 1. The van der Waals surface area contributed by atoms with Crippen molar-refractivity contribution < 1.29 is 18.1 Å². The highest BCUT2D eigenvalue weighted by Gasteiger charge is 2.08. The molecule has 1 aromatic carbocycles. The number of nitrogens with one attached hydrogen (secondary N) is 1. The van der Waals surface area contributed by atoms with Crippen LogP contribution in [0.25, 0.3) is 0 Å². The number of carbonyl (C=O) groups is 1. The molecule has 0 aliphatic carbocycles. The zero-order valence-electron chi connectivity index (χ0n) is 10.1. The average molecular weight is 284 g/mol. The third-order valence-corrected chi connectivity index (χ3v) is 2.75. The SMILES string of the molecule is CS(=O)(=O)/C=C/CNC(=O)c1ccc([N+](=O)[O-])cc1. The Morgan fingerprint density at radius 3 is 2.42 bits per heavy atom. The van der Waals surface area contributed by atoms with Gasteiger partial charge in [-0.2, -0.15) is 0 Å². The van der Waals surface area contributed by atoms with E-state index in [1.165, 1.54) is 30.3 Å². The second kappa shape index (κ2) is 6.10. The molecular formula is C11H12N2O5S. The number of hydrogen-bond acceptors (Lipinski definition) is 5. The van der Waals surface area contributed by atoms with Crippen LogP contribution in [0.2, 0.25) is 0 Å². The Bertz CT molecular complexity index is 604. The molecule has 102 valence electrons. The number of nitro benzene ring substituents is 1. The zero-order chi connectivity index (χ0) is 14.5. The van der Waals surface area contributed by atoms with Crippen molar-refractivity contribution in [3.05, 3.63) is 51.4 Å². The van der Waals surface area contributed by atoms with Gasteiger partial charge in [0.25, 0.3) is 11.6 Å². The molecule has 0 aliphatic rings. The van der Waals surface area contributed by atoms with Gasteiger partial charge in [-0.1, -0.05) is 6.08 Å². The number of non-ortho nitro benzene ring substituents is 1. The monoisotopic (exact) mass is 284 g/mol. The topological polar surface area (TPSA) is 106 Å². The number of hydrogen-bond donors (Lipinski definition) is 1. The highest BCUT2D eigenvalue weighted by Crippen LogP contribution is 2.11. The smallest absolute Gasteiger partial charge is 0.269 e. The van der Waals surface area contributed by atoms with Crippen LogP contribution in [0.15, 0.2) is 35.7 Å². The first-order chi connectivity index (χ1) is 8.79. The van der Waals surface area contributed by atoms with Gasteiger partial charge in [0, 0.05) is 35.9 Å². The summed E-state index contributed by atoms with van der Waals surface area (Å²) in [5, 5.41) is 13.9. The first-order valence-corrected chi connectivity index (χ1v) is 7.14. The minimum Gasteiger partial charge on any atom is -0.349 e. The summed E-state index contributed by atoms with van der Waals surface area (Å²) in [6.45, 7) is 0.0584. The van der Waals surface area contributed by atoms with Crippen molar-refractivity contribution in [2.45, 2.75) is 0 Å². The van der Waals surface area contributed by atoms with Crippen LogP contribution in [0.5, 0.6) is 0 Å². The molecule has 0 saturated carbocycles. The molecule has 0 unspecified atom stereocenters. The summed E-state index contributed by atoms with van der Waals surface area (Å²) in [6.07, 6.45) is 2.35. The second-order valence-corrected chi connectivity index (χ2v) is 5.65. The number of nitro groups is 1. The predicted octanol–water partition coefficient (Wildman–Crippen LogP) is 0.883. The Morgan fingerprint density at radius 1 is 1.37 bits per heavy atom. The molecule has 0 aliphatic heterocycles. The average Bonchev–Trinajstić information content (AvgIpc) is 2.33. The summed E-state index contributed by atoms with van der Waals surface area (Å²) in [4.78, 5) is 21.5. The largest absolute Gasteiger partial charge is 0.349 e. The van der Waals surface area contributed by atoms with Crippen LogP contribution in [-0.4, -0.2) is 32.0 Å². The molecular weight excluding hydrogens is 272 g/mol. The quantitative estimate of drug-likeness (QED) is 0.638. The number of carbonyl (C=O) groups excluding carboxylic acids is 1. The minimum absolute atomic E-state index is 0.0584. The Labute approximate surface area is 110 Å². The number of amides is 1. The van der Waals surface area contributed by atoms with Gasteiger partial charge in [-0.05, 0) is 12.1 Å². The van der Waals surface area contributed by atoms with E-state index in [9.17, 15) is 23.3 Å². The Balaban J connectivity index is 2.59. The fourth-order valence-corrected chi connectivity index (χ4v) is 1.66. The Hall–Kier alpha value is -2.22. The van der Waals surface area contributed by atoms with Crippen LogP contribution in [0.3, 0.4) is 0 Å². The molecule has 1 rings (SSSR count). The molecule has 0 radical (unpaired) electrons. The molecule has 0 atom stereocenters. The van der Waals surface area contributed by atoms with Gasteiger partial charge in [0.15, 0.2) is 9.84 Å². The lowest BCUT2D eigenvalue weighted by Crippen LogP contribution is -2.23. The van der Waals surface area contributed by atoms with E-state index in [0.29, 0.717) is 0 Å². The van der Waals surface area contributed by atoms with E-state index in [2.05, 4.69) is 5.32 Å². The van der Waals surface area contributed by atoms with E-state index in [1.807, 2.05) is 0 Å². The lowest BCUT2D eigenvalue weighted by atomic mass is 10.2. The molecule has 1 amide bonds. The molecule has 0 spiro atoms. The van der Waals surface area contributed by atoms with Crippen LogP contribution in [-0.2, 0) is 9.84 Å². The van der Waals surface area contributed by atoms with Crippen LogP contribution in [0, 0.1) is 10.1 Å². The lowest BCUT2D eigenvalue weighted by molar-refractivity contribution is -0.384.